The maximum absolute atomic E-state index is 12.9. The Hall–Kier alpha value is -0.810. The molecule has 4 N–H and O–H groups in total. The zero-order valence-corrected chi connectivity index (χ0v) is 44.4. The first-order valence-electron chi connectivity index (χ1n) is 29.6. The molecule has 0 aliphatic carbocycles. The number of carbonyl (C=O) groups is 1. The van der Waals surface area contributed by atoms with Gasteiger partial charge in [0.05, 0.1) is 19.8 Å². The summed E-state index contributed by atoms with van der Waals surface area (Å²) in [5, 5.41) is 40.4. The summed E-state index contributed by atoms with van der Waals surface area (Å²) >= 11 is 0. The van der Waals surface area contributed by atoms with Gasteiger partial charge in [0.2, 0.25) is 0 Å². The summed E-state index contributed by atoms with van der Waals surface area (Å²) in [6.45, 7) is 4.65. The first-order chi connectivity index (χ1) is 32.9. The summed E-state index contributed by atoms with van der Waals surface area (Å²) in [5.74, 6) is -0.302. The molecule has 6 atom stereocenters. The number of hydrogen-bond donors (Lipinski definition) is 4. The van der Waals surface area contributed by atoms with E-state index in [1.54, 1.807) is 0 Å². The fraction of sp³-hybridized carbons (Fsp3) is 0.983. The maximum Gasteiger partial charge on any atom is 0.306 e. The quantitative estimate of drug-likeness (QED) is 0.0347. The summed E-state index contributed by atoms with van der Waals surface area (Å²) in [4.78, 5) is 12.9. The minimum atomic E-state index is -1.53. The summed E-state index contributed by atoms with van der Waals surface area (Å²) < 4.78 is 23.0. The van der Waals surface area contributed by atoms with Crippen molar-refractivity contribution in [2.45, 2.75) is 340 Å². The van der Waals surface area contributed by atoms with E-state index in [2.05, 4.69) is 13.8 Å². The maximum atomic E-state index is 12.9. The molecule has 0 aromatic heterocycles. The van der Waals surface area contributed by atoms with Crippen molar-refractivity contribution in [2.75, 3.05) is 26.4 Å². The largest absolute Gasteiger partial charge is 0.457 e. The van der Waals surface area contributed by atoms with Crippen LogP contribution in [-0.4, -0.2) is 89.6 Å². The third-order valence-corrected chi connectivity index (χ3v) is 14.3. The van der Waals surface area contributed by atoms with Crippen LogP contribution in [0.25, 0.3) is 0 Å². The van der Waals surface area contributed by atoms with Gasteiger partial charge < -0.3 is 39.4 Å². The molecule has 0 radical (unpaired) electrons. The number of aliphatic hydroxyl groups excluding tert-OH is 4. The number of aliphatic hydroxyl groups is 4. The second kappa shape index (κ2) is 50.1. The average molecular weight is 956 g/mol. The molecular weight excluding hydrogens is 841 g/mol. The van der Waals surface area contributed by atoms with Gasteiger partial charge in [-0.2, -0.15) is 0 Å². The van der Waals surface area contributed by atoms with Crippen molar-refractivity contribution in [1.29, 1.82) is 0 Å². The molecule has 0 spiro atoms. The number of unbranched alkanes of at least 4 members (excludes halogenated alkanes) is 42. The summed E-state index contributed by atoms with van der Waals surface area (Å²) in [6, 6.07) is 0. The summed E-state index contributed by atoms with van der Waals surface area (Å²) in [5.41, 5.74) is 0. The van der Waals surface area contributed by atoms with E-state index in [0.29, 0.717) is 13.0 Å². The molecule has 1 saturated heterocycles. The van der Waals surface area contributed by atoms with E-state index in [1.807, 2.05) is 0 Å². The lowest BCUT2D eigenvalue weighted by molar-refractivity contribution is -0.305. The zero-order chi connectivity index (χ0) is 48.5. The second-order valence-electron chi connectivity index (χ2n) is 20.8. The predicted molar refractivity (Wildman–Crippen MR) is 280 cm³/mol. The van der Waals surface area contributed by atoms with Crippen LogP contribution in [-0.2, 0) is 23.7 Å². The van der Waals surface area contributed by atoms with Crippen LogP contribution in [0.2, 0.25) is 0 Å². The van der Waals surface area contributed by atoms with Crippen LogP contribution in [0.5, 0.6) is 0 Å². The topological polar surface area (TPSA) is 135 Å². The lowest BCUT2D eigenvalue weighted by Gasteiger charge is -2.39. The Kier molecular flexibility index (Phi) is 48.1. The smallest absolute Gasteiger partial charge is 0.306 e. The van der Waals surface area contributed by atoms with Gasteiger partial charge >= 0.3 is 5.97 Å². The number of rotatable bonds is 53. The number of carbonyl (C=O) groups excluding carboxylic acids is 1. The molecular formula is C58H114O9. The van der Waals surface area contributed by atoms with Gasteiger partial charge in [-0.1, -0.05) is 284 Å². The fourth-order valence-corrected chi connectivity index (χ4v) is 9.67. The normalized spacial score (nSPS) is 19.0. The molecule has 1 heterocycles. The Bertz CT molecular complexity index is 997. The highest BCUT2D eigenvalue weighted by Crippen LogP contribution is 2.23. The third-order valence-electron chi connectivity index (χ3n) is 14.3. The van der Waals surface area contributed by atoms with Crippen LogP contribution in [0.3, 0.4) is 0 Å². The molecule has 1 rings (SSSR count). The number of hydrogen-bond acceptors (Lipinski definition) is 9. The number of esters is 1. The van der Waals surface area contributed by atoms with Gasteiger partial charge in [-0.15, -0.1) is 0 Å². The Morgan fingerprint density at radius 2 is 0.731 bits per heavy atom. The molecule has 0 bridgehead atoms. The molecule has 0 amide bonds. The van der Waals surface area contributed by atoms with E-state index in [-0.39, 0.29) is 19.2 Å². The molecule has 0 aromatic rings. The van der Waals surface area contributed by atoms with E-state index >= 15 is 0 Å². The Labute approximate surface area is 414 Å². The third kappa shape index (κ3) is 40.5. The van der Waals surface area contributed by atoms with Gasteiger partial charge in [0.25, 0.3) is 0 Å². The summed E-state index contributed by atoms with van der Waals surface area (Å²) in [7, 11) is 0. The molecule has 1 fully saturated rings. The second-order valence-corrected chi connectivity index (χ2v) is 20.8. The first kappa shape index (κ1) is 64.2. The summed E-state index contributed by atoms with van der Waals surface area (Å²) in [6.07, 6.45) is 51.6. The van der Waals surface area contributed by atoms with Gasteiger partial charge in [-0.25, -0.2) is 0 Å². The van der Waals surface area contributed by atoms with Crippen molar-refractivity contribution in [2.24, 2.45) is 0 Å². The van der Waals surface area contributed by atoms with E-state index in [0.717, 1.165) is 32.1 Å². The Morgan fingerprint density at radius 1 is 0.418 bits per heavy atom. The van der Waals surface area contributed by atoms with Gasteiger partial charge in [0.15, 0.2) is 6.29 Å². The Morgan fingerprint density at radius 3 is 1.06 bits per heavy atom. The molecule has 1 aliphatic rings. The molecule has 400 valence electrons. The Balaban J connectivity index is 2.12. The lowest BCUT2D eigenvalue weighted by Crippen LogP contribution is -2.59. The van der Waals surface area contributed by atoms with E-state index < -0.39 is 43.4 Å². The van der Waals surface area contributed by atoms with Crippen LogP contribution in [0.1, 0.15) is 303 Å². The SMILES string of the molecule is CCCCCCCCCCCCCCCCCCCCCCCCOCC(COC1OC(CO)C(O)C(O)C1O)OC(=O)CCCCCCCCCCCCCCCCCCCCCCCC. The molecule has 67 heavy (non-hydrogen) atoms. The minimum absolute atomic E-state index is 0.104. The molecule has 0 aromatic carbocycles. The van der Waals surface area contributed by atoms with Crippen molar-refractivity contribution in [3.05, 3.63) is 0 Å². The molecule has 1 aliphatic heterocycles. The zero-order valence-electron chi connectivity index (χ0n) is 44.4. The van der Waals surface area contributed by atoms with Crippen molar-refractivity contribution in [3.8, 4) is 0 Å². The monoisotopic (exact) mass is 955 g/mol. The van der Waals surface area contributed by atoms with E-state index in [4.69, 9.17) is 18.9 Å². The highest BCUT2D eigenvalue weighted by molar-refractivity contribution is 5.69. The highest BCUT2D eigenvalue weighted by Gasteiger charge is 2.44. The molecule has 6 unspecified atom stereocenters. The van der Waals surface area contributed by atoms with Crippen molar-refractivity contribution < 1.29 is 44.2 Å². The van der Waals surface area contributed by atoms with Gasteiger partial charge in [-0.05, 0) is 12.8 Å². The van der Waals surface area contributed by atoms with Crippen LogP contribution in [0, 0.1) is 0 Å². The molecule has 9 nitrogen and oxygen atoms in total. The van der Waals surface area contributed by atoms with E-state index in [9.17, 15) is 25.2 Å². The van der Waals surface area contributed by atoms with E-state index in [1.165, 1.54) is 250 Å². The molecule has 0 saturated carbocycles. The fourth-order valence-electron chi connectivity index (χ4n) is 9.67. The average Bonchev–Trinajstić information content (AvgIpc) is 3.33. The van der Waals surface area contributed by atoms with Gasteiger partial charge in [0.1, 0.15) is 30.5 Å². The van der Waals surface area contributed by atoms with Crippen LogP contribution in [0.15, 0.2) is 0 Å². The molecule has 9 heteroatoms. The first-order valence-corrected chi connectivity index (χ1v) is 29.6. The van der Waals surface area contributed by atoms with Crippen LogP contribution >= 0.6 is 0 Å². The number of ether oxygens (including phenoxy) is 4. The highest BCUT2D eigenvalue weighted by atomic mass is 16.7. The van der Waals surface area contributed by atoms with Crippen molar-refractivity contribution in [1.82, 2.24) is 0 Å². The van der Waals surface area contributed by atoms with Crippen molar-refractivity contribution >= 4 is 5.97 Å². The minimum Gasteiger partial charge on any atom is -0.457 e. The standard InChI is InChI=1S/C58H114O9/c1-3-5-7-9-11-13-15-17-19-21-23-25-27-29-31-33-35-37-39-41-43-45-47-54(60)66-52(51-65-58-57(63)56(62)55(61)53(49-59)67-58)50-64-48-46-44-42-40-38-36-34-32-30-28-26-24-22-20-18-16-14-12-10-8-6-4-2/h52-53,55-59,61-63H,3-51H2,1-2H3. The van der Waals surface area contributed by atoms with Crippen molar-refractivity contribution in [3.63, 3.8) is 0 Å². The van der Waals surface area contributed by atoms with Gasteiger partial charge in [-0.3, -0.25) is 4.79 Å². The van der Waals surface area contributed by atoms with Gasteiger partial charge in [0, 0.05) is 13.0 Å². The predicted octanol–water partition coefficient (Wildman–Crippen LogP) is 15.3. The lowest BCUT2D eigenvalue weighted by atomic mass is 9.99. The van der Waals surface area contributed by atoms with Crippen LogP contribution < -0.4 is 0 Å². The van der Waals surface area contributed by atoms with Crippen LogP contribution in [0.4, 0.5) is 0 Å².